The van der Waals surface area contributed by atoms with Crippen LogP contribution in [-0.2, 0) is 15.6 Å². The zero-order chi connectivity index (χ0) is 17.5. The van der Waals surface area contributed by atoms with Crippen LogP contribution in [0.15, 0.2) is 29.2 Å². The molecule has 1 aliphatic carbocycles. The Morgan fingerprint density at radius 2 is 1.96 bits per heavy atom. The van der Waals surface area contributed by atoms with Crippen molar-refractivity contribution in [1.82, 2.24) is 9.38 Å². The maximum atomic E-state index is 12.7. The van der Waals surface area contributed by atoms with E-state index in [9.17, 15) is 13.2 Å². The molecule has 0 aromatic carbocycles. The van der Waals surface area contributed by atoms with Gasteiger partial charge in [0.15, 0.2) is 9.84 Å². The second kappa shape index (κ2) is 5.99. The summed E-state index contributed by atoms with van der Waals surface area (Å²) >= 11 is 0. The fraction of sp³-hybridized carbons (Fsp3) is 0.556. The number of rotatable bonds is 3. The summed E-state index contributed by atoms with van der Waals surface area (Å²) in [5.74, 6) is -0.155. The van der Waals surface area contributed by atoms with Crippen LogP contribution >= 0.6 is 0 Å². The van der Waals surface area contributed by atoms with Gasteiger partial charge < -0.3 is 0 Å². The number of sulfone groups is 1. The van der Waals surface area contributed by atoms with Gasteiger partial charge in [0, 0.05) is 12.3 Å². The van der Waals surface area contributed by atoms with Gasteiger partial charge in [0.2, 0.25) is 0 Å². The van der Waals surface area contributed by atoms with Crippen molar-refractivity contribution in [3.05, 3.63) is 46.0 Å². The number of aryl methyl sites for hydroxylation is 1. The molecule has 3 rings (SSSR count). The number of fused-ring (bicyclic) bond motifs is 1. The van der Waals surface area contributed by atoms with E-state index in [4.69, 9.17) is 0 Å². The molecule has 0 amide bonds. The molecule has 1 saturated carbocycles. The molecule has 0 N–H and O–H groups in total. The van der Waals surface area contributed by atoms with Crippen molar-refractivity contribution < 1.29 is 8.42 Å². The maximum absolute atomic E-state index is 12.7. The topological polar surface area (TPSA) is 68.5 Å². The van der Waals surface area contributed by atoms with Crippen molar-refractivity contribution >= 4 is 15.5 Å². The van der Waals surface area contributed by atoms with Crippen LogP contribution in [0.4, 0.5) is 0 Å². The normalized spacial score (nSPS) is 18.8. The Bertz CT molecular complexity index is 919. The van der Waals surface area contributed by atoms with Crippen LogP contribution in [0.25, 0.3) is 5.65 Å². The highest BCUT2D eigenvalue weighted by molar-refractivity contribution is 7.91. The summed E-state index contributed by atoms with van der Waals surface area (Å²) in [5.41, 5.74) is 1.72. The Morgan fingerprint density at radius 3 is 2.62 bits per heavy atom. The molecule has 5 nitrogen and oxygen atoms in total. The predicted octanol–water partition coefficient (Wildman–Crippen LogP) is 2.89. The highest BCUT2D eigenvalue weighted by Crippen LogP contribution is 2.38. The molecular formula is C18H24N2O3S. The van der Waals surface area contributed by atoms with Gasteiger partial charge in [-0.2, -0.15) is 0 Å². The zero-order valence-corrected chi connectivity index (χ0v) is 15.3. The highest BCUT2D eigenvalue weighted by atomic mass is 32.2. The largest absolute Gasteiger partial charge is 0.269 e. The molecule has 1 aliphatic rings. The van der Waals surface area contributed by atoms with Gasteiger partial charge in [-0.05, 0) is 49.7 Å². The van der Waals surface area contributed by atoms with E-state index in [2.05, 4.69) is 18.8 Å². The van der Waals surface area contributed by atoms with Crippen LogP contribution in [0.1, 0.15) is 50.8 Å². The molecule has 6 heteroatoms. The minimum atomic E-state index is -3.30. The Kier molecular flexibility index (Phi) is 4.28. The molecule has 0 spiro atoms. The Balaban J connectivity index is 1.89. The summed E-state index contributed by atoms with van der Waals surface area (Å²) in [4.78, 5) is 16.7. The average Bonchev–Trinajstić information content (AvgIpc) is 2.47. The van der Waals surface area contributed by atoms with E-state index in [1.807, 2.05) is 13.0 Å². The van der Waals surface area contributed by atoms with Gasteiger partial charge in [-0.1, -0.05) is 19.9 Å². The van der Waals surface area contributed by atoms with Gasteiger partial charge in [0.25, 0.3) is 5.56 Å². The first-order valence-corrected chi connectivity index (χ1v) is 10.1. The lowest BCUT2D eigenvalue weighted by molar-refractivity contribution is 0.246. The number of nitrogens with zero attached hydrogens (tertiary/aromatic N) is 2. The molecule has 2 aromatic rings. The van der Waals surface area contributed by atoms with Crippen LogP contribution in [-0.4, -0.2) is 23.1 Å². The van der Waals surface area contributed by atoms with Crippen molar-refractivity contribution in [2.75, 3.05) is 0 Å². The lowest BCUT2D eigenvalue weighted by Gasteiger charge is -2.33. The van der Waals surface area contributed by atoms with Gasteiger partial charge >= 0.3 is 0 Å². The lowest BCUT2D eigenvalue weighted by Crippen LogP contribution is -2.31. The zero-order valence-electron chi connectivity index (χ0n) is 14.4. The lowest BCUT2D eigenvalue weighted by atomic mass is 9.77. The SMILES string of the molecule is Cc1cccn2c(=O)cc(CS(=O)(=O)C3CCC(C)(C)CC3)nc12. The average molecular weight is 348 g/mol. The monoisotopic (exact) mass is 348 g/mol. The molecule has 0 unspecified atom stereocenters. The third kappa shape index (κ3) is 3.38. The van der Waals surface area contributed by atoms with Gasteiger partial charge in [0.1, 0.15) is 5.65 Å². The second-order valence-electron chi connectivity index (χ2n) is 7.64. The van der Waals surface area contributed by atoms with Gasteiger partial charge in [-0.25, -0.2) is 13.4 Å². The number of hydrogen-bond donors (Lipinski definition) is 0. The first kappa shape index (κ1) is 17.1. The van der Waals surface area contributed by atoms with Crippen molar-refractivity contribution in [3.8, 4) is 0 Å². The van der Waals surface area contributed by atoms with Crippen molar-refractivity contribution in [1.29, 1.82) is 0 Å². The third-order valence-electron chi connectivity index (χ3n) is 5.08. The quantitative estimate of drug-likeness (QED) is 0.855. The Hall–Kier alpha value is -1.69. The standard InChI is InChI=1S/C18H24N2O3S/c1-13-5-4-10-20-16(21)11-14(19-17(13)20)12-24(22,23)15-6-8-18(2,3)9-7-15/h4-5,10-11,15H,6-9,12H2,1-3H3. The van der Waals surface area contributed by atoms with Crippen LogP contribution in [0, 0.1) is 12.3 Å². The van der Waals surface area contributed by atoms with Crippen LogP contribution in [0.3, 0.4) is 0 Å². The number of hydrogen-bond acceptors (Lipinski definition) is 4. The summed E-state index contributed by atoms with van der Waals surface area (Å²) in [7, 11) is -3.30. The fourth-order valence-electron chi connectivity index (χ4n) is 3.44. The van der Waals surface area contributed by atoms with E-state index in [-0.39, 0.29) is 22.0 Å². The van der Waals surface area contributed by atoms with E-state index >= 15 is 0 Å². The predicted molar refractivity (Wildman–Crippen MR) is 94.9 cm³/mol. The number of aromatic nitrogens is 2. The van der Waals surface area contributed by atoms with Gasteiger partial charge in [0.05, 0.1) is 16.7 Å². The van der Waals surface area contributed by atoms with E-state index < -0.39 is 9.84 Å². The van der Waals surface area contributed by atoms with Crippen molar-refractivity contribution in [3.63, 3.8) is 0 Å². The minimum absolute atomic E-state index is 0.155. The molecule has 2 aromatic heterocycles. The summed E-state index contributed by atoms with van der Waals surface area (Å²) in [6, 6.07) is 4.99. The molecule has 0 aliphatic heterocycles. The first-order valence-electron chi connectivity index (χ1n) is 8.37. The van der Waals surface area contributed by atoms with Gasteiger partial charge in [-0.15, -0.1) is 0 Å². The summed E-state index contributed by atoms with van der Waals surface area (Å²) in [6.07, 6.45) is 4.88. The molecule has 0 saturated heterocycles. The van der Waals surface area contributed by atoms with Crippen molar-refractivity contribution in [2.45, 2.75) is 57.5 Å². The summed E-state index contributed by atoms with van der Waals surface area (Å²) in [6.45, 7) is 6.23. The van der Waals surface area contributed by atoms with Crippen molar-refractivity contribution in [2.24, 2.45) is 5.41 Å². The smallest absolute Gasteiger partial charge is 0.258 e. The fourth-order valence-corrected chi connectivity index (χ4v) is 5.19. The summed E-state index contributed by atoms with van der Waals surface area (Å²) < 4.78 is 27.0. The van der Waals surface area contributed by atoms with E-state index in [0.29, 0.717) is 24.2 Å². The molecule has 0 atom stereocenters. The van der Waals surface area contributed by atoms with Crippen LogP contribution < -0.4 is 5.56 Å². The molecule has 0 radical (unpaired) electrons. The summed E-state index contributed by atoms with van der Waals surface area (Å²) in [5, 5.41) is -0.317. The number of pyridine rings is 1. The molecule has 0 bridgehead atoms. The first-order chi connectivity index (χ1) is 11.2. The molecule has 24 heavy (non-hydrogen) atoms. The minimum Gasteiger partial charge on any atom is -0.269 e. The third-order valence-corrected chi connectivity index (χ3v) is 7.27. The maximum Gasteiger partial charge on any atom is 0.258 e. The van der Waals surface area contributed by atoms with E-state index in [1.54, 1.807) is 12.3 Å². The van der Waals surface area contributed by atoms with Gasteiger partial charge in [-0.3, -0.25) is 9.20 Å². The Labute approximate surface area is 142 Å². The van der Waals surface area contributed by atoms with E-state index in [0.717, 1.165) is 18.4 Å². The molecular weight excluding hydrogens is 324 g/mol. The molecule has 2 heterocycles. The Morgan fingerprint density at radius 1 is 1.29 bits per heavy atom. The van der Waals surface area contributed by atoms with Crippen LogP contribution in [0.5, 0.6) is 0 Å². The van der Waals surface area contributed by atoms with Crippen LogP contribution in [0.2, 0.25) is 0 Å². The molecule has 1 fully saturated rings. The second-order valence-corrected chi connectivity index (χ2v) is 9.92. The molecule has 130 valence electrons. The highest BCUT2D eigenvalue weighted by Gasteiger charge is 2.34. The van der Waals surface area contributed by atoms with E-state index in [1.165, 1.54) is 10.5 Å².